The Morgan fingerprint density at radius 2 is 1.72 bits per heavy atom. The maximum absolute atomic E-state index is 12.6. The van der Waals surface area contributed by atoms with Crippen LogP contribution in [-0.2, 0) is 11.2 Å². The molecule has 2 aromatic carbocycles. The van der Waals surface area contributed by atoms with Gasteiger partial charge >= 0.3 is 0 Å². The number of para-hydroxylation sites is 1. The fraction of sp³-hybridized carbons (Fsp3) is 0.200. The number of nitrogens with zero attached hydrogens (tertiary/aromatic N) is 1. The molecular weight excluding hydrogens is 314 g/mol. The first-order valence-electron chi connectivity index (χ1n) is 8.18. The highest BCUT2D eigenvalue weighted by atomic mass is 16.2. The summed E-state index contributed by atoms with van der Waals surface area (Å²) in [6, 6.07) is 18.5. The van der Waals surface area contributed by atoms with Crippen LogP contribution in [0, 0.1) is 0 Å². The second-order valence-corrected chi connectivity index (χ2v) is 6.22. The van der Waals surface area contributed by atoms with Crippen molar-refractivity contribution in [1.29, 1.82) is 0 Å². The molecule has 5 nitrogen and oxygen atoms in total. The van der Waals surface area contributed by atoms with Gasteiger partial charge in [-0.1, -0.05) is 48.5 Å². The van der Waals surface area contributed by atoms with Gasteiger partial charge < -0.3 is 15.2 Å². The minimum Gasteiger partial charge on any atom is -0.351 e. The normalized spacial score (nSPS) is 11.9. The number of aromatic amines is 1. The average molecular weight is 335 g/mol. The largest absolute Gasteiger partial charge is 0.351 e. The van der Waals surface area contributed by atoms with Gasteiger partial charge in [-0.3, -0.25) is 9.59 Å². The Labute approximate surface area is 146 Å². The summed E-state index contributed by atoms with van der Waals surface area (Å²) in [7, 11) is 3.38. The Bertz CT molecular complexity index is 851. The molecule has 1 heterocycles. The van der Waals surface area contributed by atoms with E-state index in [2.05, 4.69) is 10.3 Å². The Hall–Kier alpha value is -3.08. The van der Waals surface area contributed by atoms with Crippen LogP contribution in [0.15, 0.2) is 60.7 Å². The Kier molecular flexibility index (Phi) is 4.84. The van der Waals surface area contributed by atoms with Crippen molar-refractivity contribution in [3.63, 3.8) is 0 Å². The highest BCUT2D eigenvalue weighted by molar-refractivity contribution is 6.00. The van der Waals surface area contributed by atoms with Gasteiger partial charge in [-0.05, 0) is 17.7 Å². The molecule has 0 saturated heterocycles. The summed E-state index contributed by atoms with van der Waals surface area (Å²) in [6.45, 7) is 0. The van der Waals surface area contributed by atoms with Crippen LogP contribution < -0.4 is 5.32 Å². The topological polar surface area (TPSA) is 65.2 Å². The van der Waals surface area contributed by atoms with E-state index in [0.717, 1.165) is 16.5 Å². The molecule has 3 aromatic rings. The number of carbonyl (C=O) groups is 2. The minimum atomic E-state index is -0.615. The number of amides is 2. The third-order valence-corrected chi connectivity index (χ3v) is 4.10. The first kappa shape index (κ1) is 16.8. The highest BCUT2D eigenvalue weighted by Gasteiger charge is 2.24. The summed E-state index contributed by atoms with van der Waals surface area (Å²) in [4.78, 5) is 29.7. The number of hydrogen-bond acceptors (Lipinski definition) is 2. The lowest BCUT2D eigenvalue weighted by Gasteiger charge is -2.21. The van der Waals surface area contributed by atoms with Crippen molar-refractivity contribution in [2.45, 2.75) is 12.5 Å². The van der Waals surface area contributed by atoms with Crippen LogP contribution >= 0.6 is 0 Å². The zero-order valence-corrected chi connectivity index (χ0v) is 14.3. The van der Waals surface area contributed by atoms with E-state index >= 15 is 0 Å². The highest BCUT2D eigenvalue weighted by Crippen LogP contribution is 2.15. The number of benzene rings is 2. The number of hydrogen-bond donors (Lipinski definition) is 2. The van der Waals surface area contributed by atoms with E-state index in [1.807, 2.05) is 54.6 Å². The molecule has 0 aliphatic heterocycles. The molecule has 0 unspecified atom stereocenters. The zero-order valence-electron chi connectivity index (χ0n) is 14.3. The van der Waals surface area contributed by atoms with E-state index in [9.17, 15) is 9.59 Å². The lowest BCUT2D eigenvalue weighted by molar-refractivity contribution is -0.130. The van der Waals surface area contributed by atoms with Crippen LogP contribution in [0.4, 0.5) is 0 Å². The molecule has 0 aliphatic rings. The van der Waals surface area contributed by atoms with Gasteiger partial charge in [-0.25, -0.2) is 0 Å². The molecule has 0 spiro atoms. The Balaban J connectivity index is 1.81. The predicted molar refractivity (Wildman–Crippen MR) is 98.4 cm³/mol. The third-order valence-electron chi connectivity index (χ3n) is 4.10. The van der Waals surface area contributed by atoms with Gasteiger partial charge in [0.1, 0.15) is 11.7 Å². The summed E-state index contributed by atoms with van der Waals surface area (Å²) < 4.78 is 0. The summed E-state index contributed by atoms with van der Waals surface area (Å²) in [6.07, 6.45) is 0.448. The van der Waals surface area contributed by atoms with E-state index in [1.165, 1.54) is 4.90 Å². The van der Waals surface area contributed by atoms with E-state index in [-0.39, 0.29) is 11.8 Å². The van der Waals surface area contributed by atoms with Crippen molar-refractivity contribution in [1.82, 2.24) is 15.2 Å². The van der Waals surface area contributed by atoms with Crippen molar-refractivity contribution < 1.29 is 9.59 Å². The molecular formula is C20H21N3O2. The first-order valence-corrected chi connectivity index (χ1v) is 8.18. The minimum absolute atomic E-state index is 0.131. The van der Waals surface area contributed by atoms with Crippen molar-refractivity contribution >= 4 is 22.7 Å². The van der Waals surface area contributed by atoms with Crippen LogP contribution in [0.25, 0.3) is 10.9 Å². The maximum atomic E-state index is 12.6. The number of fused-ring (bicyclic) bond motifs is 1. The molecule has 5 heteroatoms. The number of H-pyrrole nitrogens is 1. The molecule has 2 N–H and O–H groups in total. The Morgan fingerprint density at radius 1 is 1.04 bits per heavy atom. The lowest BCUT2D eigenvalue weighted by Crippen LogP contribution is -2.47. The SMILES string of the molecule is CN(C)C(=O)[C@@H](Cc1ccccc1)NC(=O)c1cc2ccccc2[nH]1. The predicted octanol–water partition coefficient (Wildman–Crippen LogP) is 2.60. The second kappa shape index (κ2) is 7.21. The van der Waals surface area contributed by atoms with E-state index in [0.29, 0.717) is 12.1 Å². The van der Waals surface area contributed by atoms with Gasteiger partial charge in [-0.2, -0.15) is 0 Å². The van der Waals surface area contributed by atoms with Gasteiger partial charge in [0.15, 0.2) is 0 Å². The third kappa shape index (κ3) is 3.88. The number of aromatic nitrogens is 1. The molecule has 0 saturated carbocycles. The summed E-state index contributed by atoms with van der Waals surface area (Å²) >= 11 is 0. The standard InChI is InChI=1S/C20H21N3O2/c1-23(2)20(25)18(12-14-8-4-3-5-9-14)22-19(24)17-13-15-10-6-7-11-16(15)21-17/h3-11,13,18,21H,12H2,1-2H3,(H,22,24)/t18-/m1/s1. The molecule has 0 radical (unpaired) electrons. The lowest BCUT2D eigenvalue weighted by atomic mass is 10.0. The summed E-state index contributed by atoms with van der Waals surface area (Å²) in [5, 5.41) is 3.83. The van der Waals surface area contributed by atoms with Gasteiger partial charge in [0.05, 0.1) is 0 Å². The van der Waals surface area contributed by atoms with Gasteiger partial charge in [0, 0.05) is 31.4 Å². The summed E-state index contributed by atoms with van der Waals surface area (Å²) in [5.41, 5.74) is 2.34. The molecule has 0 fully saturated rings. The fourth-order valence-corrected chi connectivity index (χ4v) is 2.79. The first-order chi connectivity index (χ1) is 12.0. The number of nitrogens with one attached hydrogen (secondary N) is 2. The van der Waals surface area contributed by atoms with Crippen molar-refractivity contribution in [2.75, 3.05) is 14.1 Å². The molecule has 1 aromatic heterocycles. The van der Waals surface area contributed by atoms with Crippen molar-refractivity contribution in [2.24, 2.45) is 0 Å². The van der Waals surface area contributed by atoms with Gasteiger partial charge in [-0.15, -0.1) is 0 Å². The summed E-state index contributed by atoms with van der Waals surface area (Å²) in [5.74, 6) is -0.416. The fourth-order valence-electron chi connectivity index (χ4n) is 2.79. The molecule has 25 heavy (non-hydrogen) atoms. The molecule has 2 amide bonds. The van der Waals surface area contributed by atoms with Crippen molar-refractivity contribution in [3.05, 3.63) is 71.9 Å². The number of likely N-dealkylation sites (N-methyl/N-ethyl adjacent to an activating group) is 1. The molecule has 128 valence electrons. The van der Waals surface area contributed by atoms with Crippen LogP contribution in [-0.4, -0.2) is 41.8 Å². The Morgan fingerprint density at radius 3 is 2.40 bits per heavy atom. The van der Waals surface area contributed by atoms with E-state index < -0.39 is 6.04 Å². The number of rotatable bonds is 5. The number of carbonyl (C=O) groups excluding carboxylic acids is 2. The van der Waals surface area contributed by atoms with Crippen LogP contribution in [0.1, 0.15) is 16.1 Å². The molecule has 1 atom stereocenters. The van der Waals surface area contributed by atoms with Gasteiger partial charge in [0.2, 0.25) is 5.91 Å². The van der Waals surface area contributed by atoms with Gasteiger partial charge in [0.25, 0.3) is 5.91 Å². The quantitative estimate of drug-likeness (QED) is 0.753. The molecule has 0 bridgehead atoms. The van der Waals surface area contributed by atoms with Crippen LogP contribution in [0.5, 0.6) is 0 Å². The smallest absolute Gasteiger partial charge is 0.268 e. The molecule has 3 rings (SSSR count). The monoisotopic (exact) mass is 335 g/mol. The van der Waals surface area contributed by atoms with E-state index in [1.54, 1.807) is 20.2 Å². The van der Waals surface area contributed by atoms with Crippen molar-refractivity contribution in [3.8, 4) is 0 Å². The molecule has 0 aliphatic carbocycles. The zero-order chi connectivity index (χ0) is 17.8. The van der Waals surface area contributed by atoms with Crippen LogP contribution in [0.2, 0.25) is 0 Å². The van der Waals surface area contributed by atoms with E-state index in [4.69, 9.17) is 0 Å². The maximum Gasteiger partial charge on any atom is 0.268 e. The van der Waals surface area contributed by atoms with Crippen LogP contribution in [0.3, 0.4) is 0 Å². The second-order valence-electron chi connectivity index (χ2n) is 6.22. The average Bonchev–Trinajstić information content (AvgIpc) is 3.05.